The molecule has 0 radical (unpaired) electrons. The van der Waals surface area contributed by atoms with Gasteiger partial charge in [0.2, 0.25) is 0 Å². The summed E-state index contributed by atoms with van der Waals surface area (Å²) in [5.41, 5.74) is 0. The molecule has 0 unspecified atom stereocenters. The molecule has 0 spiro atoms. The number of hydrogen-bond donors (Lipinski definition) is 2. The molecule has 0 amide bonds. The molecule has 0 fully saturated rings. The minimum absolute atomic E-state index is 0. The van der Waals surface area contributed by atoms with Crippen molar-refractivity contribution in [1.82, 2.24) is 0 Å². The maximum Gasteiger partial charge on any atom is 2.00 e. The third-order valence-electron chi connectivity index (χ3n) is 0. The Balaban J connectivity index is -0.0000000149. The average molecular weight is 622 g/mol. The molecule has 0 aliphatic carbocycles. The van der Waals surface area contributed by atoms with Crippen molar-refractivity contribution in [2.45, 2.75) is 0 Å². The van der Waals surface area contributed by atoms with E-state index in [9.17, 15) is 0 Å². The first-order valence-electron chi connectivity index (χ1n) is 2.08. The number of carboxylic acid groups (broad SMARTS) is 4. The van der Waals surface area contributed by atoms with Gasteiger partial charge in [0.25, 0.3) is 0 Å². The molecule has 13 heteroatoms. The van der Waals surface area contributed by atoms with Gasteiger partial charge in [0.1, 0.15) is 0 Å². The van der Waals surface area contributed by atoms with Crippen LogP contribution in [0.4, 0.5) is 9.59 Å². The fraction of sp³-hybridized carbons (Fsp3) is 0. The van der Waals surface area contributed by atoms with E-state index in [1.54, 1.807) is 0 Å². The van der Waals surface area contributed by atoms with Crippen LogP contribution >= 0.6 is 0 Å². The minimum Gasteiger partial charge on any atom is -0.665 e. The monoisotopic (exact) mass is 624 g/mol. The Hall–Kier alpha value is 2.19. The van der Waals surface area contributed by atoms with Gasteiger partial charge in [0, 0.05) is 0 Å². The molecule has 0 aliphatic heterocycles. The van der Waals surface area contributed by atoms with Crippen LogP contribution in [0.15, 0.2) is 0 Å². The molecule has 0 saturated carbocycles. The number of rotatable bonds is 0. The summed E-state index contributed by atoms with van der Waals surface area (Å²) in [7, 11) is 0. The second-order valence-corrected chi connectivity index (χ2v) is 0.683. The van der Waals surface area contributed by atoms with Gasteiger partial charge in [-0.2, -0.15) is 0 Å². The topological polar surface area (TPSA) is 201 Å². The van der Waals surface area contributed by atoms with Crippen LogP contribution in [0, 0.1) is 0 Å². The van der Waals surface area contributed by atoms with E-state index in [1.807, 2.05) is 0 Å². The maximum atomic E-state index is 8.33. The van der Waals surface area contributed by atoms with Crippen molar-refractivity contribution in [3.8, 4) is 0 Å². The van der Waals surface area contributed by atoms with Crippen LogP contribution in [0.25, 0.3) is 0 Å². The van der Waals surface area contributed by atoms with Crippen LogP contribution < -0.4 is 20.4 Å². The molecular formula is C4H2Ba3O10. The van der Waals surface area contributed by atoms with Crippen molar-refractivity contribution in [2.24, 2.45) is 0 Å². The molecule has 0 bridgehead atoms. The van der Waals surface area contributed by atoms with Crippen molar-refractivity contribution in [3.05, 3.63) is 0 Å². The Morgan fingerprint density at radius 3 is 0.706 bits per heavy atom. The largest absolute Gasteiger partial charge is 2.00 e. The average Bonchev–Trinajstić information content (AvgIpc) is 1.85. The van der Waals surface area contributed by atoms with Crippen molar-refractivity contribution >= 4 is 172 Å². The van der Waals surface area contributed by atoms with E-state index in [4.69, 9.17) is 49.8 Å². The molecule has 0 aliphatic rings. The van der Waals surface area contributed by atoms with Gasteiger partial charge >= 0.3 is 147 Å². The first-order chi connectivity index (χ1) is 6.29. The van der Waals surface area contributed by atoms with E-state index in [2.05, 4.69) is 0 Å². The van der Waals surface area contributed by atoms with Crippen molar-refractivity contribution < 1.29 is 49.8 Å². The molecule has 84 valence electrons. The molecule has 10 nitrogen and oxygen atoms in total. The van der Waals surface area contributed by atoms with Crippen molar-refractivity contribution in [2.75, 3.05) is 0 Å². The number of carbonyl (C=O) groups excluding carboxylic acids is 2. The quantitative estimate of drug-likeness (QED) is 0.193. The van der Waals surface area contributed by atoms with E-state index in [-0.39, 0.29) is 147 Å². The molecule has 0 atom stereocenters. The zero-order chi connectivity index (χ0) is 12.6. The molecule has 0 aromatic heterocycles. The van der Waals surface area contributed by atoms with Crippen LogP contribution in [-0.4, -0.2) is 182 Å². The predicted octanol–water partition coefficient (Wildman–Crippen LogP) is -6.81. The summed E-state index contributed by atoms with van der Waals surface area (Å²) in [5, 5.41) is 46.9. The van der Waals surface area contributed by atoms with E-state index < -0.39 is 12.3 Å². The Labute approximate surface area is 216 Å². The summed E-state index contributed by atoms with van der Waals surface area (Å²) in [5.74, 6) is 0. The normalized spacial score (nSPS) is 4.24. The summed E-state index contributed by atoms with van der Waals surface area (Å²) in [6.07, 6.45) is -4.67. The van der Waals surface area contributed by atoms with Gasteiger partial charge in [-0.1, -0.05) is 12.9 Å². The molecule has 0 aromatic rings. The van der Waals surface area contributed by atoms with Gasteiger partial charge in [-0.25, -0.2) is 0 Å². The zero-order valence-electron chi connectivity index (χ0n) is 8.28. The minimum atomic E-state index is -2.33. The number of carbonyl (C=O) groups is 2. The Morgan fingerprint density at radius 2 is 0.706 bits per heavy atom. The zero-order valence-corrected chi connectivity index (χ0v) is 21.6. The van der Waals surface area contributed by atoms with Gasteiger partial charge in [0.15, 0.2) is 0 Å². The summed E-state index contributed by atoms with van der Waals surface area (Å²) in [6.45, 7) is 1.00. The van der Waals surface area contributed by atoms with Gasteiger partial charge in [-0.05, 0) is 12.3 Å². The fourth-order valence-corrected chi connectivity index (χ4v) is 0. The number of aliphatic hydroxyl groups excluding tert-OH is 2. The van der Waals surface area contributed by atoms with E-state index in [0.717, 1.165) is 0 Å². The van der Waals surface area contributed by atoms with Crippen LogP contribution in [-0.2, 0) is 9.59 Å². The van der Waals surface area contributed by atoms with Gasteiger partial charge in [-0.3, -0.25) is 0 Å². The summed E-state index contributed by atoms with van der Waals surface area (Å²) in [4.78, 5) is 33.1. The number of hydrogen-bond acceptors (Lipinski definition) is 8. The van der Waals surface area contributed by atoms with Crippen LogP contribution in [0.5, 0.6) is 0 Å². The standard InChI is InChI=1S/2CH2O3.2CHO2.3Ba/c2*2-1(3)4;2*2-1-3;;;/h2*(H2,2,3,4);2*(H,2,3);;;/q;;2*-1;3*+2/p-4. The van der Waals surface area contributed by atoms with Crippen LogP contribution in [0.3, 0.4) is 0 Å². The first-order valence-corrected chi connectivity index (χ1v) is 2.08. The van der Waals surface area contributed by atoms with Crippen LogP contribution in [0.2, 0.25) is 0 Å². The maximum absolute atomic E-state index is 8.33. The van der Waals surface area contributed by atoms with Gasteiger partial charge in [-0.15, -0.1) is 0 Å². The fourth-order valence-electron chi connectivity index (χ4n) is 0. The molecule has 0 heterocycles. The molecule has 0 rings (SSSR count). The SMILES string of the molecule is O=C([O-])[O-].O=C([O-])[O-].O=[C-]O.O=[C-]O.[Ba+2].[Ba+2].[Ba+2]. The van der Waals surface area contributed by atoms with Crippen molar-refractivity contribution in [3.63, 3.8) is 0 Å². The molecule has 17 heavy (non-hydrogen) atoms. The predicted molar refractivity (Wildman–Crippen MR) is 44.7 cm³/mol. The van der Waals surface area contributed by atoms with Gasteiger partial charge < -0.3 is 49.8 Å². The third kappa shape index (κ3) is 991. The van der Waals surface area contributed by atoms with Gasteiger partial charge in [0.05, 0.1) is 0 Å². The summed E-state index contributed by atoms with van der Waals surface area (Å²) >= 11 is 0. The molecule has 0 aromatic carbocycles. The van der Waals surface area contributed by atoms with Crippen molar-refractivity contribution in [1.29, 1.82) is 0 Å². The van der Waals surface area contributed by atoms with E-state index >= 15 is 0 Å². The second-order valence-electron chi connectivity index (χ2n) is 0.683. The molecular weight excluding hydrogens is 620 g/mol. The third-order valence-corrected chi connectivity index (χ3v) is 0. The smallest absolute Gasteiger partial charge is 0.665 e. The summed E-state index contributed by atoms with van der Waals surface area (Å²) < 4.78 is 0. The summed E-state index contributed by atoms with van der Waals surface area (Å²) in [6, 6.07) is 0. The van der Waals surface area contributed by atoms with E-state index in [1.165, 1.54) is 0 Å². The van der Waals surface area contributed by atoms with Crippen LogP contribution in [0.1, 0.15) is 0 Å². The Kier molecular flexibility index (Phi) is 130. The molecule has 2 N–H and O–H groups in total. The second kappa shape index (κ2) is 51.8. The first kappa shape index (κ1) is 42.7. The molecule has 0 saturated heterocycles. The Bertz CT molecular complexity index is 136. The Morgan fingerprint density at radius 1 is 0.706 bits per heavy atom. The van der Waals surface area contributed by atoms with E-state index in [0.29, 0.717) is 12.9 Å².